The number of carboxylic acids is 1. The Hall–Kier alpha value is -0.570. The molecular formula is C8H10O3. The highest BCUT2D eigenvalue weighted by atomic mass is 16.6. The van der Waals surface area contributed by atoms with Crippen LogP contribution in [0.1, 0.15) is 12.8 Å². The van der Waals surface area contributed by atoms with E-state index in [-0.39, 0.29) is 5.92 Å². The Bertz CT molecular complexity index is 225. The zero-order valence-corrected chi connectivity index (χ0v) is 6.06. The van der Waals surface area contributed by atoms with Crippen molar-refractivity contribution in [3.63, 3.8) is 0 Å². The number of fused-ring (bicyclic) bond motifs is 5. The number of ether oxygens (including phenoxy) is 1. The van der Waals surface area contributed by atoms with E-state index in [1.54, 1.807) is 0 Å². The number of carboxylic acid groups (broad SMARTS) is 1. The van der Waals surface area contributed by atoms with Gasteiger partial charge in [-0.25, -0.2) is 0 Å². The quantitative estimate of drug-likeness (QED) is 0.559. The first kappa shape index (κ1) is 6.00. The Morgan fingerprint density at radius 1 is 1.36 bits per heavy atom. The van der Waals surface area contributed by atoms with Crippen molar-refractivity contribution in [3.8, 4) is 0 Å². The average molecular weight is 154 g/mol. The van der Waals surface area contributed by atoms with Gasteiger partial charge >= 0.3 is 5.97 Å². The molecule has 3 aliphatic rings. The molecule has 0 aromatic heterocycles. The van der Waals surface area contributed by atoms with Crippen molar-refractivity contribution in [1.29, 1.82) is 0 Å². The Balaban J connectivity index is 1.87. The van der Waals surface area contributed by atoms with Crippen LogP contribution in [0.5, 0.6) is 0 Å². The third kappa shape index (κ3) is 0.601. The van der Waals surface area contributed by atoms with Gasteiger partial charge < -0.3 is 9.84 Å². The number of carbonyl (C=O) groups is 1. The number of rotatable bonds is 1. The summed E-state index contributed by atoms with van der Waals surface area (Å²) in [6.45, 7) is 0. The molecule has 1 heterocycles. The van der Waals surface area contributed by atoms with Crippen LogP contribution in [0, 0.1) is 17.8 Å². The summed E-state index contributed by atoms with van der Waals surface area (Å²) in [4.78, 5) is 10.7. The molecule has 0 aromatic rings. The highest BCUT2D eigenvalue weighted by Gasteiger charge is 2.64. The summed E-state index contributed by atoms with van der Waals surface area (Å²) in [6.07, 6.45) is 2.75. The molecule has 5 atom stereocenters. The monoisotopic (exact) mass is 154 g/mol. The van der Waals surface area contributed by atoms with Crippen molar-refractivity contribution >= 4 is 5.97 Å². The molecule has 1 saturated heterocycles. The molecule has 3 fully saturated rings. The minimum atomic E-state index is -0.619. The topological polar surface area (TPSA) is 49.8 Å². The summed E-state index contributed by atoms with van der Waals surface area (Å²) in [5.41, 5.74) is 0. The molecule has 0 amide bonds. The maximum atomic E-state index is 10.7. The van der Waals surface area contributed by atoms with Crippen LogP contribution in [-0.4, -0.2) is 23.3 Å². The Kier molecular flexibility index (Phi) is 0.876. The third-order valence-electron chi connectivity index (χ3n) is 3.41. The van der Waals surface area contributed by atoms with Crippen LogP contribution in [0.3, 0.4) is 0 Å². The van der Waals surface area contributed by atoms with Crippen LogP contribution < -0.4 is 0 Å². The minimum absolute atomic E-state index is 0.0938. The molecule has 0 aromatic carbocycles. The highest BCUT2D eigenvalue weighted by molar-refractivity contribution is 5.71. The first-order chi connectivity index (χ1) is 5.27. The molecule has 2 aliphatic carbocycles. The summed E-state index contributed by atoms with van der Waals surface area (Å²) in [6, 6.07) is 0. The van der Waals surface area contributed by atoms with Crippen molar-refractivity contribution < 1.29 is 14.6 Å². The van der Waals surface area contributed by atoms with Crippen LogP contribution in [0.15, 0.2) is 0 Å². The smallest absolute Gasteiger partial charge is 0.306 e. The number of hydrogen-bond donors (Lipinski definition) is 1. The summed E-state index contributed by atoms with van der Waals surface area (Å²) >= 11 is 0. The molecule has 2 bridgehead atoms. The Morgan fingerprint density at radius 3 is 2.73 bits per heavy atom. The van der Waals surface area contributed by atoms with E-state index in [9.17, 15) is 4.79 Å². The lowest BCUT2D eigenvalue weighted by Crippen LogP contribution is -2.24. The predicted molar refractivity (Wildman–Crippen MR) is 36.0 cm³/mol. The first-order valence-electron chi connectivity index (χ1n) is 4.15. The highest BCUT2D eigenvalue weighted by Crippen LogP contribution is 2.58. The van der Waals surface area contributed by atoms with Crippen molar-refractivity contribution in [2.24, 2.45) is 17.8 Å². The Labute approximate surface area is 64.3 Å². The normalized spacial score (nSPS) is 57.6. The molecule has 60 valence electrons. The van der Waals surface area contributed by atoms with E-state index in [0.29, 0.717) is 24.0 Å². The first-order valence-corrected chi connectivity index (χ1v) is 4.15. The van der Waals surface area contributed by atoms with Crippen molar-refractivity contribution in [3.05, 3.63) is 0 Å². The lowest BCUT2D eigenvalue weighted by Gasteiger charge is -2.13. The van der Waals surface area contributed by atoms with Crippen LogP contribution in [0.4, 0.5) is 0 Å². The van der Waals surface area contributed by atoms with Gasteiger partial charge in [-0.1, -0.05) is 0 Å². The summed E-state index contributed by atoms with van der Waals surface area (Å²) in [5.74, 6) is 0.212. The van der Waals surface area contributed by atoms with E-state index >= 15 is 0 Å². The van der Waals surface area contributed by atoms with Gasteiger partial charge in [0.2, 0.25) is 0 Å². The SMILES string of the molecule is O=C(O)C1CC2CC1C1O[C@@H]21. The van der Waals surface area contributed by atoms with E-state index in [1.807, 2.05) is 0 Å². The van der Waals surface area contributed by atoms with E-state index in [2.05, 4.69) is 0 Å². The molecule has 2 saturated carbocycles. The van der Waals surface area contributed by atoms with E-state index in [1.165, 1.54) is 0 Å². The van der Waals surface area contributed by atoms with E-state index in [0.717, 1.165) is 12.8 Å². The van der Waals surface area contributed by atoms with Gasteiger partial charge in [-0.15, -0.1) is 0 Å². The van der Waals surface area contributed by atoms with Crippen LogP contribution >= 0.6 is 0 Å². The molecule has 1 N–H and O–H groups in total. The van der Waals surface area contributed by atoms with Gasteiger partial charge in [0, 0.05) is 5.92 Å². The van der Waals surface area contributed by atoms with Gasteiger partial charge in [0.25, 0.3) is 0 Å². The van der Waals surface area contributed by atoms with Gasteiger partial charge in [0.1, 0.15) is 0 Å². The molecule has 0 radical (unpaired) electrons. The zero-order chi connectivity index (χ0) is 7.59. The molecular weight excluding hydrogens is 144 g/mol. The second kappa shape index (κ2) is 1.61. The zero-order valence-electron chi connectivity index (χ0n) is 6.06. The van der Waals surface area contributed by atoms with Crippen LogP contribution in [0.25, 0.3) is 0 Å². The molecule has 3 rings (SSSR count). The molecule has 0 spiro atoms. The van der Waals surface area contributed by atoms with Gasteiger partial charge in [-0.2, -0.15) is 0 Å². The number of aliphatic carboxylic acids is 1. The van der Waals surface area contributed by atoms with Gasteiger partial charge in [0.05, 0.1) is 18.1 Å². The summed E-state index contributed by atoms with van der Waals surface area (Å²) in [5, 5.41) is 8.82. The van der Waals surface area contributed by atoms with Gasteiger partial charge in [0.15, 0.2) is 0 Å². The summed E-state index contributed by atoms with van der Waals surface area (Å²) < 4.78 is 5.36. The maximum Gasteiger partial charge on any atom is 0.306 e. The standard InChI is InChI=1S/C8H10O3/c9-8(10)5-2-3-1-4(5)7-6(3)11-7/h3-7H,1-2H2,(H,9,10)/t3?,4?,5?,6-,7?/m0/s1. The molecule has 4 unspecified atom stereocenters. The maximum absolute atomic E-state index is 10.7. The molecule has 3 heteroatoms. The van der Waals surface area contributed by atoms with Gasteiger partial charge in [-0.3, -0.25) is 4.79 Å². The summed E-state index contributed by atoms with van der Waals surface area (Å²) in [7, 11) is 0. The fourth-order valence-corrected chi connectivity index (χ4v) is 2.89. The van der Waals surface area contributed by atoms with Crippen molar-refractivity contribution in [1.82, 2.24) is 0 Å². The molecule has 11 heavy (non-hydrogen) atoms. The van der Waals surface area contributed by atoms with E-state index < -0.39 is 5.97 Å². The van der Waals surface area contributed by atoms with Gasteiger partial charge in [-0.05, 0) is 18.8 Å². The fraction of sp³-hybridized carbons (Fsp3) is 0.875. The Morgan fingerprint density at radius 2 is 2.18 bits per heavy atom. The number of epoxide rings is 1. The van der Waals surface area contributed by atoms with Crippen LogP contribution in [0.2, 0.25) is 0 Å². The average Bonchev–Trinajstić information content (AvgIpc) is 2.57. The predicted octanol–water partition coefficient (Wildman–Crippen LogP) is 0.494. The minimum Gasteiger partial charge on any atom is -0.481 e. The number of hydrogen-bond acceptors (Lipinski definition) is 2. The van der Waals surface area contributed by atoms with Crippen molar-refractivity contribution in [2.75, 3.05) is 0 Å². The second-order valence-corrected chi connectivity index (χ2v) is 3.91. The molecule has 1 aliphatic heterocycles. The lowest BCUT2D eigenvalue weighted by molar-refractivity contribution is -0.143. The van der Waals surface area contributed by atoms with Crippen molar-refractivity contribution in [2.45, 2.75) is 25.0 Å². The second-order valence-electron chi connectivity index (χ2n) is 3.91. The third-order valence-corrected chi connectivity index (χ3v) is 3.41. The van der Waals surface area contributed by atoms with Crippen LogP contribution in [-0.2, 0) is 9.53 Å². The lowest BCUT2D eigenvalue weighted by atomic mass is 9.89. The van der Waals surface area contributed by atoms with E-state index in [4.69, 9.17) is 9.84 Å². The fourth-order valence-electron chi connectivity index (χ4n) is 2.89. The molecule has 3 nitrogen and oxygen atoms in total. The largest absolute Gasteiger partial charge is 0.481 e.